The van der Waals surface area contributed by atoms with Crippen LogP contribution in [0.25, 0.3) is 0 Å². The van der Waals surface area contributed by atoms with Gasteiger partial charge < -0.3 is 9.47 Å². The van der Waals surface area contributed by atoms with Crippen LogP contribution in [0.3, 0.4) is 0 Å². The number of hydrogen-bond acceptors (Lipinski definition) is 3. The smallest absolute Gasteiger partial charge is 0.163 e. The molecule has 1 heterocycles. The lowest BCUT2D eigenvalue weighted by Gasteiger charge is -2.40. The number of nitriles is 1. The Morgan fingerprint density at radius 2 is 2.14 bits per heavy atom. The molecule has 0 radical (unpaired) electrons. The Kier molecular flexibility index (Phi) is 3.68. The summed E-state index contributed by atoms with van der Waals surface area (Å²) in [5, 5.41) is 8.61. The van der Waals surface area contributed by atoms with Crippen molar-refractivity contribution in [2.45, 2.75) is 51.1 Å². The molecule has 0 saturated carbocycles. The highest BCUT2D eigenvalue weighted by Crippen LogP contribution is 2.29. The Labute approximate surface area is 85.3 Å². The maximum atomic E-state index is 8.61. The second kappa shape index (κ2) is 4.59. The van der Waals surface area contributed by atoms with Crippen molar-refractivity contribution in [2.24, 2.45) is 0 Å². The van der Waals surface area contributed by atoms with Crippen LogP contribution in [-0.2, 0) is 9.47 Å². The lowest BCUT2D eigenvalue weighted by Crippen LogP contribution is -2.44. The second-order valence-corrected chi connectivity index (χ2v) is 4.00. The molecular weight excluding hydrogens is 178 g/mol. The first-order valence-electron chi connectivity index (χ1n) is 4.91. The minimum Gasteiger partial charge on any atom is -0.347 e. The van der Waals surface area contributed by atoms with E-state index in [2.05, 4.69) is 12.6 Å². The molecule has 14 heavy (non-hydrogen) atoms. The lowest BCUT2D eigenvalue weighted by atomic mass is 10.0. The largest absolute Gasteiger partial charge is 0.347 e. The average molecular weight is 195 g/mol. The normalized spacial score (nSPS) is 30.6. The van der Waals surface area contributed by atoms with Crippen LogP contribution in [0.5, 0.6) is 0 Å². The zero-order chi connectivity index (χ0) is 10.6. The maximum absolute atomic E-state index is 8.61. The molecule has 0 aliphatic carbocycles. The molecule has 0 unspecified atom stereocenters. The number of hydrogen-bond donors (Lipinski definition) is 0. The molecule has 3 heteroatoms. The SMILES string of the molecule is C=CC[C@@H]1C[C@H](CC#N)OC(C)(C)O1. The van der Waals surface area contributed by atoms with Gasteiger partial charge in [-0.15, -0.1) is 6.58 Å². The Balaban J connectivity index is 2.57. The molecule has 1 aliphatic heterocycles. The second-order valence-electron chi connectivity index (χ2n) is 4.00. The van der Waals surface area contributed by atoms with E-state index in [0.29, 0.717) is 6.42 Å². The van der Waals surface area contributed by atoms with Crippen LogP contribution in [0.2, 0.25) is 0 Å². The van der Waals surface area contributed by atoms with Crippen LogP contribution in [0, 0.1) is 11.3 Å². The molecule has 78 valence electrons. The van der Waals surface area contributed by atoms with Crippen molar-refractivity contribution < 1.29 is 9.47 Å². The van der Waals surface area contributed by atoms with E-state index in [1.807, 2.05) is 19.9 Å². The van der Waals surface area contributed by atoms with Crippen molar-refractivity contribution in [2.75, 3.05) is 0 Å². The molecule has 1 fully saturated rings. The van der Waals surface area contributed by atoms with Crippen LogP contribution in [0.1, 0.15) is 33.1 Å². The Hall–Kier alpha value is -0.850. The summed E-state index contributed by atoms with van der Waals surface area (Å²) in [7, 11) is 0. The van der Waals surface area contributed by atoms with Gasteiger partial charge in [0.05, 0.1) is 24.7 Å². The third-order valence-corrected chi connectivity index (χ3v) is 2.18. The highest BCUT2D eigenvalue weighted by molar-refractivity contribution is 4.86. The quantitative estimate of drug-likeness (QED) is 0.649. The minimum absolute atomic E-state index is 0.00583. The fourth-order valence-corrected chi connectivity index (χ4v) is 1.78. The van der Waals surface area contributed by atoms with Gasteiger partial charge in [-0.05, 0) is 20.3 Å². The molecule has 0 bridgehead atoms. The van der Waals surface area contributed by atoms with E-state index in [1.54, 1.807) is 0 Å². The molecule has 0 N–H and O–H groups in total. The average Bonchev–Trinajstić information content (AvgIpc) is 2.01. The van der Waals surface area contributed by atoms with Gasteiger partial charge in [0, 0.05) is 6.42 Å². The maximum Gasteiger partial charge on any atom is 0.163 e. The van der Waals surface area contributed by atoms with Gasteiger partial charge in [-0.1, -0.05) is 6.08 Å². The van der Waals surface area contributed by atoms with Crippen LogP contribution in [0.15, 0.2) is 12.7 Å². The third-order valence-electron chi connectivity index (χ3n) is 2.18. The van der Waals surface area contributed by atoms with Gasteiger partial charge >= 0.3 is 0 Å². The minimum atomic E-state index is -0.576. The molecule has 0 aromatic heterocycles. The molecule has 3 nitrogen and oxygen atoms in total. The van der Waals surface area contributed by atoms with Crippen molar-refractivity contribution in [1.82, 2.24) is 0 Å². The lowest BCUT2D eigenvalue weighted by molar-refractivity contribution is -0.297. The highest BCUT2D eigenvalue weighted by atomic mass is 16.7. The Morgan fingerprint density at radius 3 is 2.71 bits per heavy atom. The predicted molar refractivity (Wildman–Crippen MR) is 53.5 cm³/mol. The van der Waals surface area contributed by atoms with Gasteiger partial charge in [0.15, 0.2) is 5.79 Å². The van der Waals surface area contributed by atoms with Crippen molar-refractivity contribution in [3.05, 3.63) is 12.7 Å². The first-order valence-corrected chi connectivity index (χ1v) is 4.91. The van der Waals surface area contributed by atoms with Crippen LogP contribution in [0.4, 0.5) is 0 Å². The summed E-state index contributed by atoms with van der Waals surface area (Å²) in [6.07, 6.45) is 4.00. The summed E-state index contributed by atoms with van der Waals surface area (Å²) in [5.74, 6) is -0.576. The molecular formula is C11H17NO2. The Morgan fingerprint density at radius 1 is 1.50 bits per heavy atom. The van der Waals surface area contributed by atoms with Gasteiger partial charge in [0.2, 0.25) is 0 Å². The summed E-state index contributed by atoms with van der Waals surface area (Å²) in [6.45, 7) is 7.45. The van der Waals surface area contributed by atoms with Gasteiger partial charge in [-0.3, -0.25) is 0 Å². The number of rotatable bonds is 3. The summed E-state index contributed by atoms with van der Waals surface area (Å²) in [6, 6.07) is 2.13. The first-order chi connectivity index (χ1) is 6.57. The number of nitrogens with zero attached hydrogens (tertiary/aromatic N) is 1. The van der Waals surface area contributed by atoms with E-state index in [-0.39, 0.29) is 12.2 Å². The summed E-state index contributed by atoms with van der Waals surface area (Å²) < 4.78 is 11.3. The van der Waals surface area contributed by atoms with Gasteiger partial charge in [-0.25, -0.2) is 0 Å². The molecule has 2 atom stereocenters. The molecule has 0 aromatic rings. The van der Waals surface area contributed by atoms with Gasteiger partial charge in [-0.2, -0.15) is 5.26 Å². The zero-order valence-electron chi connectivity index (χ0n) is 8.82. The fourth-order valence-electron chi connectivity index (χ4n) is 1.78. The zero-order valence-corrected chi connectivity index (χ0v) is 8.82. The van der Waals surface area contributed by atoms with Crippen molar-refractivity contribution in [1.29, 1.82) is 5.26 Å². The first kappa shape index (κ1) is 11.2. The van der Waals surface area contributed by atoms with E-state index in [0.717, 1.165) is 12.8 Å². The van der Waals surface area contributed by atoms with Gasteiger partial charge in [0.25, 0.3) is 0 Å². The van der Waals surface area contributed by atoms with E-state index >= 15 is 0 Å². The van der Waals surface area contributed by atoms with Crippen molar-refractivity contribution >= 4 is 0 Å². The molecule has 1 rings (SSSR count). The van der Waals surface area contributed by atoms with Gasteiger partial charge in [0.1, 0.15) is 0 Å². The standard InChI is InChI=1S/C11H17NO2/c1-4-5-9-8-10(6-7-12)14-11(2,3)13-9/h4,9-10H,1,5-6,8H2,2-3H3/t9-,10+/m1/s1. The topological polar surface area (TPSA) is 42.2 Å². The van der Waals surface area contributed by atoms with E-state index in [1.165, 1.54) is 0 Å². The number of ether oxygens (including phenoxy) is 2. The predicted octanol–water partition coefficient (Wildman–Crippen LogP) is 2.39. The van der Waals surface area contributed by atoms with Crippen molar-refractivity contribution in [3.63, 3.8) is 0 Å². The molecule has 1 aliphatic rings. The van der Waals surface area contributed by atoms with E-state index < -0.39 is 5.79 Å². The molecule has 0 aromatic carbocycles. The molecule has 0 amide bonds. The highest BCUT2D eigenvalue weighted by Gasteiger charge is 2.34. The third kappa shape index (κ3) is 3.13. The van der Waals surface area contributed by atoms with Crippen LogP contribution >= 0.6 is 0 Å². The van der Waals surface area contributed by atoms with E-state index in [9.17, 15) is 0 Å². The summed E-state index contributed by atoms with van der Waals surface area (Å²) in [4.78, 5) is 0. The Bertz CT molecular complexity index is 242. The summed E-state index contributed by atoms with van der Waals surface area (Å²) in [5.41, 5.74) is 0. The van der Waals surface area contributed by atoms with Crippen LogP contribution in [-0.4, -0.2) is 18.0 Å². The monoisotopic (exact) mass is 195 g/mol. The van der Waals surface area contributed by atoms with E-state index in [4.69, 9.17) is 14.7 Å². The molecule has 0 spiro atoms. The molecule has 1 saturated heterocycles. The summed E-state index contributed by atoms with van der Waals surface area (Å²) >= 11 is 0. The fraction of sp³-hybridized carbons (Fsp3) is 0.727. The van der Waals surface area contributed by atoms with Crippen LogP contribution < -0.4 is 0 Å². The van der Waals surface area contributed by atoms with Crippen molar-refractivity contribution in [3.8, 4) is 6.07 Å².